The quantitative estimate of drug-likeness (QED) is 0.831. The molecular weight excluding hydrogens is 304 g/mol. The Balaban J connectivity index is 2.33. The molecule has 2 heterocycles. The number of aryl methyl sites for hydroxylation is 1. The van der Waals surface area contributed by atoms with Crippen molar-refractivity contribution in [2.45, 2.75) is 33.2 Å². The van der Waals surface area contributed by atoms with Crippen LogP contribution >= 0.6 is 15.9 Å². The molecule has 102 valence electrons. The van der Waals surface area contributed by atoms with Gasteiger partial charge in [0, 0.05) is 41.6 Å². The van der Waals surface area contributed by atoms with Crippen molar-refractivity contribution in [3.63, 3.8) is 0 Å². The SMILES string of the molecule is CCCNCc1cc(Br)cnc1-n1ccnc1CC. The van der Waals surface area contributed by atoms with E-state index in [0.717, 1.165) is 42.0 Å². The lowest BCUT2D eigenvalue weighted by atomic mass is 10.2. The van der Waals surface area contributed by atoms with Crippen LogP contribution in [0.3, 0.4) is 0 Å². The smallest absolute Gasteiger partial charge is 0.142 e. The van der Waals surface area contributed by atoms with Gasteiger partial charge in [0.1, 0.15) is 11.6 Å². The average Bonchev–Trinajstić information content (AvgIpc) is 2.87. The van der Waals surface area contributed by atoms with Crippen molar-refractivity contribution in [1.29, 1.82) is 0 Å². The van der Waals surface area contributed by atoms with Crippen LogP contribution in [-0.2, 0) is 13.0 Å². The summed E-state index contributed by atoms with van der Waals surface area (Å²) in [5, 5.41) is 3.42. The summed E-state index contributed by atoms with van der Waals surface area (Å²) in [5.74, 6) is 1.99. The average molecular weight is 323 g/mol. The predicted molar refractivity (Wildman–Crippen MR) is 80.4 cm³/mol. The highest BCUT2D eigenvalue weighted by Gasteiger charge is 2.10. The monoisotopic (exact) mass is 322 g/mol. The maximum Gasteiger partial charge on any atom is 0.142 e. The van der Waals surface area contributed by atoms with Crippen LogP contribution in [0.15, 0.2) is 29.1 Å². The lowest BCUT2D eigenvalue weighted by Gasteiger charge is -2.12. The number of halogens is 1. The molecule has 0 bridgehead atoms. The lowest BCUT2D eigenvalue weighted by Crippen LogP contribution is -2.16. The number of rotatable bonds is 6. The summed E-state index contributed by atoms with van der Waals surface area (Å²) in [5.41, 5.74) is 1.18. The number of nitrogens with zero attached hydrogens (tertiary/aromatic N) is 3. The molecule has 0 aliphatic carbocycles. The third kappa shape index (κ3) is 3.42. The van der Waals surface area contributed by atoms with Gasteiger partial charge in [-0.3, -0.25) is 4.57 Å². The van der Waals surface area contributed by atoms with Crippen molar-refractivity contribution in [2.24, 2.45) is 0 Å². The Morgan fingerprint density at radius 2 is 2.16 bits per heavy atom. The first-order valence-corrected chi connectivity index (χ1v) is 7.43. The van der Waals surface area contributed by atoms with Crippen molar-refractivity contribution in [2.75, 3.05) is 6.54 Å². The first-order chi connectivity index (χ1) is 9.26. The standard InChI is InChI=1S/C14H19BrN4/c1-3-5-16-9-11-8-12(15)10-18-14(11)19-7-6-17-13(19)4-2/h6-8,10,16H,3-5,9H2,1-2H3. The molecule has 0 unspecified atom stereocenters. The number of hydrogen-bond acceptors (Lipinski definition) is 3. The van der Waals surface area contributed by atoms with Crippen molar-refractivity contribution < 1.29 is 0 Å². The van der Waals surface area contributed by atoms with Gasteiger partial charge in [-0.15, -0.1) is 0 Å². The van der Waals surface area contributed by atoms with Crippen molar-refractivity contribution in [3.05, 3.63) is 40.5 Å². The Bertz CT molecular complexity index is 536. The second-order valence-electron chi connectivity index (χ2n) is 4.38. The molecule has 0 fully saturated rings. The van der Waals surface area contributed by atoms with E-state index in [9.17, 15) is 0 Å². The van der Waals surface area contributed by atoms with Gasteiger partial charge in [0.15, 0.2) is 0 Å². The van der Waals surface area contributed by atoms with Crippen LogP contribution in [0.5, 0.6) is 0 Å². The maximum atomic E-state index is 4.54. The lowest BCUT2D eigenvalue weighted by molar-refractivity contribution is 0.668. The molecule has 0 saturated heterocycles. The summed E-state index contributed by atoms with van der Waals surface area (Å²) in [6.45, 7) is 6.10. The molecule has 0 aliphatic rings. The zero-order chi connectivity index (χ0) is 13.7. The van der Waals surface area contributed by atoms with E-state index in [0.29, 0.717) is 0 Å². The Kier molecular flexibility index (Phi) is 5.10. The molecule has 1 N–H and O–H groups in total. The number of pyridine rings is 1. The molecule has 5 heteroatoms. The molecule has 0 aromatic carbocycles. The number of hydrogen-bond donors (Lipinski definition) is 1. The zero-order valence-electron chi connectivity index (χ0n) is 11.4. The topological polar surface area (TPSA) is 42.7 Å². The van der Waals surface area contributed by atoms with Gasteiger partial charge in [-0.2, -0.15) is 0 Å². The highest BCUT2D eigenvalue weighted by Crippen LogP contribution is 2.19. The van der Waals surface area contributed by atoms with E-state index in [4.69, 9.17) is 0 Å². The molecule has 2 rings (SSSR count). The normalized spacial score (nSPS) is 10.9. The molecule has 0 amide bonds. The fourth-order valence-electron chi connectivity index (χ4n) is 2.01. The molecule has 2 aromatic heterocycles. The summed E-state index contributed by atoms with van der Waals surface area (Å²) < 4.78 is 3.07. The van der Waals surface area contributed by atoms with Gasteiger partial charge in [-0.05, 0) is 35.0 Å². The highest BCUT2D eigenvalue weighted by molar-refractivity contribution is 9.10. The van der Waals surface area contributed by atoms with Gasteiger partial charge >= 0.3 is 0 Å². The first kappa shape index (κ1) is 14.2. The zero-order valence-corrected chi connectivity index (χ0v) is 12.9. The van der Waals surface area contributed by atoms with Crippen LogP contribution in [0, 0.1) is 0 Å². The Morgan fingerprint density at radius 1 is 1.32 bits per heavy atom. The van der Waals surface area contributed by atoms with Crippen LogP contribution in [0.1, 0.15) is 31.7 Å². The van der Waals surface area contributed by atoms with Gasteiger partial charge in [0.25, 0.3) is 0 Å². The van der Waals surface area contributed by atoms with Crippen LogP contribution in [0.4, 0.5) is 0 Å². The minimum atomic E-state index is 0.816. The molecule has 4 nitrogen and oxygen atoms in total. The van der Waals surface area contributed by atoms with E-state index in [-0.39, 0.29) is 0 Å². The summed E-state index contributed by atoms with van der Waals surface area (Å²) in [6, 6.07) is 2.12. The van der Waals surface area contributed by atoms with E-state index in [2.05, 4.69) is 55.7 Å². The Labute approximate surface area is 122 Å². The fourth-order valence-corrected chi connectivity index (χ4v) is 2.39. The first-order valence-electron chi connectivity index (χ1n) is 6.64. The Hall–Kier alpha value is -1.20. The van der Waals surface area contributed by atoms with Crippen LogP contribution in [0.25, 0.3) is 5.82 Å². The highest BCUT2D eigenvalue weighted by atomic mass is 79.9. The third-order valence-electron chi connectivity index (χ3n) is 2.91. The number of imidazole rings is 1. The molecule has 0 aliphatic heterocycles. The maximum absolute atomic E-state index is 4.54. The molecule has 2 aromatic rings. The molecule has 19 heavy (non-hydrogen) atoms. The van der Waals surface area contributed by atoms with E-state index in [1.165, 1.54) is 5.56 Å². The number of nitrogens with one attached hydrogen (secondary N) is 1. The second kappa shape index (κ2) is 6.82. The summed E-state index contributed by atoms with van der Waals surface area (Å²) >= 11 is 3.49. The van der Waals surface area contributed by atoms with Crippen LogP contribution in [-0.4, -0.2) is 21.1 Å². The largest absolute Gasteiger partial charge is 0.313 e. The summed E-state index contributed by atoms with van der Waals surface area (Å²) in [7, 11) is 0. The van der Waals surface area contributed by atoms with Crippen molar-refractivity contribution in [3.8, 4) is 5.82 Å². The predicted octanol–water partition coefficient (Wildman–Crippen LogP) is 3.09. The van der Waals surface area contributed by atoms with Crippen molar-refractivity contribution in [1.82, 2.24) is 19.9 Å². The molecular formula is C14H19BrN4. The van der Waals surface area contributed by atoms with Gasteiger partial charge in [0.2, 0.25) is 0 Å². The van der Waals surface area contributed by atoms with Gasteiger partial charge in [0.05, 0.1) is 0 Å². The second-order valence-corrected chi connectivity index (χ2v) is 5.30. The van der Waals surface area contributed by atoms with Gasteiger partial charge in [-0.25, -0.2) is 9.97 Å². The van der Waals surface area contributed by atoms with Crippen molar-refractivity contribution >= 4 is 15.9 Å². The molecule has 0 spiro atoms. The molecule has 0 radical (unpaired) electrons. The summed E-state index contributed by atoms with van der Waals surface area (Å²) in [4.78, 5) is 8.91. The van der Waals surface area contributed by atoms with Gasteiger partial charge < -0.3 is 5.32 Å². The van der Waals surface area contributed by atoms with E-state index >= 15 is 0 Å². The van der Waals surface area contributed by atoms with E-state index < -0.39 is 0 Å². The molecule has 0 saturated carbocycles. The minimum absolute atomic E-state index is 0.816. The van der Waals surface area contributed by atoms with E-state index in [1.807, 2.05) is 18.6 Å². The summed E-state index contributed by atoms with van der Waals surface area (Å²) in [6.07, 6.45) is 7.65. The van der Waals surface area contributed by atoms with Gasteiger partial charge in [-0.1, -0.05) is 13.8 Å². The number of aromatic nitrogens is 3. The van der Waals surface area contributed by atoms with Crippen LogP contribution in [0.2, 0.25) is 0 Å². The van der Waals surface area contributed by atoms with Crippen LogP contribution < -0.4 is 5.32 Å². The minimum Gasteiger partial charge on any atom is -0.313 e. The Morgan fingerprint density at radius 3 is 2.89 bits per heavy atom. The fraction of sp³-hybridized carbons (Fsp3) is 0.429. The van der Waals surface area contributed by atoms with E-state index in [1.54, 1.807) is 0 Å². The molecule has 0 atom stereocenters. The third-order valence-corrected chi connectivity index (χ3v) is 3.35.